The molecule has 0 saturated heterocycles. The van der Waals surface area contributed by atoms with E-state index in [2.05, 4.69) is 22.1 Å². The molecule has 1 heterocycles. The van der Waals surface area contributed by atoms with E-state index < -0.39 is 0 Å². The van der Waals surface area contributed by atoms with E-state index in [9.17, 15) is 4.79 Å². The van der Waals surface area contributed by atoms with Crippen LogP contribution >= 0.6 is 0 Å². The quantitative estimate of drug-likeness (QED) is 0.883. The SMILES string of the molecule is CN(C)c1ccccc1-c1cnn(CCC(N)=O)c1. The van der Waals surface area contributed by atoms with E-state index in [0.29, 0.717) is 13.0 Å². The number of hydrogen-bond donors (Lipinski definition) is 1. The zero-order valence-corrected chi connectivity index (χ0v) is 11.2. The molecule has 0 aliphatic heterocycles. The standard InChI is InChI=1S/C14H18N4O/c1-17(2)13-6-4-3-5-12(13)11-9-16-18(10-11)8-7-14(15)19/h3-6,9-10H,7-8H2,1-2H3,(H2,15,19). The van der Waals surface area contributed by atoms with Gasteiger partial charge in [0.2, 0.25) is 5.91 Å². The summed E-state index contributed by atoms with van der Waals surface area (Å²) in [5.41, 5.74) is 8.43. The molecule has 2 aromatic rings. The number of benzene rings is 1. The van der Waals surface area contributed by atoms with Crippen LogP contribution in [0.15, 0.2) is 36.7 Å². The Morgan fingerprint density at radius 1 is 1.37 bits per heavy atom. The first-order valence-corrected chi connectivity index (χ1v) is 6.15. The largest absolute Gasteiger partial charge is 0.377 e. The maximum Gasteiger partial charge on any atom is 0.219 e. The number of nitrogens with two attached hydrogens (primary N) is 1. The second-order valence-corrected chi connectivity index (χ2v) is 4.62. The normalized spacial score (nSPS) is 10.4. The van der Waals surface area contributed by atoms with Crippen LogP contribution in [0.2, 0.25) is 0 Å². The molecule has 1 aromatic heterocycles. The molecule has 0 spiro atoms. The van der Waals surface area contributed by atoms with Crippen molar-refractivity contribution in [1.82, 2.24) is 9.78 Å². The Kier molecular flexibility index (Phi) is 3.85. The molecule has 5 nitrogen and oxygen atoms in total. The van der Waals surface area contributed by atoms with E-state index in [4.69, 9.17) is 5.73 Å². The Hall–Kier alpha value is -2.30. The predicted octanol–water partition coefficient (Wildman–Crippen LogP) is 1.49. The zero-order valence-electron chi connectivity index (χ0n) is 11.2. The first-order valence-electron chi connectivity index (χ1n) is 6.15. The number of carbonyl (C=O) groups is 1. The van der Waals surface area contributed by atoms with Gasteiger partial charge in [-0.3, -0.25) is 9.48 Å². The molecular formula is C14H18N4O. The third-order valence-corrected chi connectivity index (χ3v) is 2.92. The second kappa shape index (κ2) is 5.56. The smallest absolute Gasteiger partial charge is 0.219 e. The fourth-order valence-corrected chi connectivity index (χ4v) is 1.96. The van der Waals surface area contributed by atoms with Crippen LogP contribution in [0.1, 0.15) is 6.42 Å². The minimum Gasteiger partial charge on any atom is -0.377 e. The van der Waals surface area contributed by atoms with Gasteiger partial charge in [0.1, 0.15) is 0 Å². The Labute approximate surface area is 112 Å². The molecule has 100 valence electrons. The monoisotopic (exact) mass is 258 g/mol. The molecule has 0 atom stereocenters. The van der Waals surface area contributed by atoms with Crippen LogP contribution in [-0.2, 0) is 11.3 Å². The number of para-hydroxylation sites is 1. The highest BCUT2D eigenvalue weighted by Gasteiger charge is 2.08. The van der Waals surface area contributed by atoms with E-state index in [1.807, 2.05) is 38.6 Å². The maximum atomic E-state index is 10.8. The molecule has 2 rings (SSSR count). The summed E-state index contributed by atoms with van der Waals surface area (Å²) < 4.78 is 1.74. The number of rotatable bonds is 5. The van der Waals surface area contributed by atoms with Gasteiger partial charge in [-0.1, -0.05) is 18.2 Å². The van der Waals surface area contributed by atoms with Gasteiger partial charge in [-0.05, 0) is 6.07 Å². The highest BCUT2D eigenvalue weighted by atomic mass is 16.1. The zero-order chi connectivity index (χ0) is 13.8. The molecule has 0 aliphatic rings. The molecule has 19 heavy (non-hydrogen) atoms. The van der Waals surface area contributed by atoms with Gasteiger partial charge in [0.05, 0.1) is 6.20 Å². The van der Waals surface area contributed by atoms with Gasteiger partial charge in [-0.25, -0.2) is 0 Å². The fourth-order valence-electron chi connectivity index (χ4n) is 1.96. The van der Waals surface area contributed by atoms with Crippen molar-refractivity contribution < 1.29 is 4.79 Å². The molecule has 2 N–H and O–H groups in total. The summed E-state index contributed by atoms with van der Waals surface area (Å²) in [7, 11) is 4.02. The Morgan fingerprint density at radius 2 is 2.11 bits per heavy atom. The lowest BCUT2D eigenvalue weighted by molar-refractivity contribution is -0.118. The number of nitrogens with zero attached hydrogens (tertiary/aromatic N) is 3. The first-order chi connectivity index (χ1) is 9.08. The minimum absolute atomic E-state index is 0.302. The van der Waals surface area contributed by atoms with E-state index in [0.717, 1.165) is 16.8 Å². The van der Waals surface area contributed by atoms with Gasteiger partial charge in [0, 0.05) is 50.1 Å². The van der Waals surface area contributed by atoms with E-state index in [1.165, 1.54) is 0 Å². The van der Waals surface area contributed by atoms with Crippen LogP contribution in [0, 0.1) is 0 Å². The van der Waals surface area contributed by atoms with Gasteiger partial charge in [-0.15, -0.1) is 0 Å². The third kappa shape index (κ3) is 3.13. The number of hydrogen-bond acceptors (Lipinski definition) is 3. The lowest BCUT2D eigenvalue weighted by Crippen LogP contribution is -2.14. The highest BCUT2D eigenvalue weighted by Crippen LogP contribution is 2.28. The summed E-state index contributed by atoms with van der Waals surface area (Å²) in [6.07, 6.45) is 4.05. The van der Waals surface area contributed by atoms with E-state index >= 15 is 0 Å². The molecule has 0 aliphatic carbocycles. The molecule has 0 saturated carbocycles. The minimum atomic E-state index is -0.314. The van der Waals surface area contributed by atoms with Gasteiger partial charge >= 0.3 is 0 Å². The highest BCUT2D eigenvalue weighted by molar-refractivity contribution is 5.77. The third-order valence-electron chi connectivity index (χ3n) is 2.92. The van der Waals surface area contributed by atoms with Gasteiger partial charge in [0.15, 0.2) is 0 Å². The molecule has 1 amide bonds. The van der Waals surface area contributed by atoms with E-state index in [1.54, 1.807) is 4.68 Å². The van der Waals surface area contributed by atoms with Crippen LogP contribution < -0.4 is 10.6 Å². The lowest BCUT2D eigenvalue weighted by Gasteiger charge is -2.16. The van der Waals surface area contributed by atoms with Gasteiger partial charge in [-0.2, -0.15) is 5.10 Å². The first kappa shape index (κ1) is 13.1. The van der Waals surface area contributed by atoms with Crippen molar-refractivity contribution in [3.05, 3.63) is 36.7 Å². The van der Waals surface area contributed by atoms with Crippen molar-refractivity contribution in [3.8, 4) is 11.1 Å². The fraction of sp³-hybridized carbons (Fsp3) is 0.286. The molecule has 0 fully saturated rings. The van der Waals surface area contributed by atoms with Crippen molar-refractivity contribution in [2.45, 2.75) is 13.0 Å². The molecule has 0 radical (unpaired) electrons. The van der Waals surface area contributed by atoms with Crippen molar-refractivity contribution in [2.75, 3.05) is 19.0 Å². The molecule has 0 unspecified atom stereocenters. The number of aryl methyl sites for hydroxylation is 1. The van der Waals surface area contributed by atoms with Crippen LogP contribution in [0.3, 0.4) is 0 Å². The number of amides is 1. The van der Waals surface area contributed by atoms with Crippen LogP contribution in [0.4, 0.5) is 5.69 Å². The van der Waals surface area contributed by atoms with Crippen LogP contribution in [0.5, 0.6) is 0 Å². The summed E-state index contributed by atoms with van der Waals surface area (Å²) >= 11 is 0. The summed E-state index contributed by atoms with van der Waals surface area (Å²) in [6, 6.07) is 8.14. The number of anilines is 1. The van der Waals surface area contributed by atoms with Crippen molar-refractivity contribution in [2.24, 2.45) is 5.73 Å². The van der Waals surface area contributed by atoms with Crippen molar-refractivity contribution in [1.29, 1.82) is 0 Å². The van der Waals surface area contributed by atoms with Gasteiger partial charge < -0.3 is 10.6 Å². The molecule has 5 heteroatoms. The van der Waals surface area contributed by atoms with Crippen LogP contribution in [-0.4, -0.2) is 29.8 Å². The predicted molar refractivity (Wildman–Crippen MR) is 75.8 cm³/mol. The van der Waals surface area contributed by atoms with Gasteiger partial charge in [0.25, 0.3) is 0 Å². The van der Waals surface area contributed by atoms with Crippen molar-refractivity contribution >= 4 is 11.6 Å². The Morgan fingerprint density at radius 3 is 2.79 bits per heavy atom. The summed E-state index contributed by atoms with van der Waals surface area (Å²) in [5, 5.41) is 4.26. The Bertz CT molecular complexity index is 574. The summed E-state index contributed by atoms with van der Waals surface area (Å²) in [6.45, 7) is 0.513. The number of aromatic nitrogens is 2. The second-order valence-electron chi connectivity index (χ2n) is 4.62. The molecule has 1 aromatic carbocycles. The van der Waals surface area contributed by atoms with Crippen molar-refractivity contribution in [3.63, 3.8) is 0 Å². The lowest BCUT2D eigenvalue weighted by atomic mass is 10.1. The number of carbonyl (C=O) groups excluding carboxylic acids is 1. The Balaban J connectivity index is 2.25. The average Bonchev–Trinajstić information content (AvgIpc) is 2.85. The molecular weight excluding hydrogens is 240 g/mol. The topological polar surface area (TPSA) is 64.2 Å². The van der Waals surface area contributed by atoms with E-state index in [-0.39, 0.29) is 5.91 Å². The summed E-state index contributed by atoms with van der Waals surface area (Å²) in [5.74, 6) is -0.314. The maximum absolute atomic E-state index is 10.8. The average molecular weight is 258 g/mol. The molecule has 0 bridgehead atoms. The summed E-state index contributed by atoms with van der Waals surface area (Å²) in [4.78, 5) is 12.8. The number of primary amides is 1. The van der Waals surface area contributed by atoms with Crippen LogP contribution in [0.25, 0.3) is 11.1 Å².